The number of para-hydroxylation sites is 2. The first kappa shape index (κ1) is 20.9. The molecule has 0 aliphatic carbocycles. The molecule has 0 saturated carbocycles. The van der Waals surface area contributed by atoms with Crippen LogP contribution in [0.4, 0.5) is 5.95 Å². The van der Waals surface area contributed by atoms with Gasteiger partial charge in [0.25, 0.3) is 5.91 Å². The van der Waals surface area contributed by atoms with Gasteiger partial charge in [-0.1, -0.05) is 43.7 Å². The zero-order valence-electron chi connectivity index (χ0n) is 17.7. The molecule has 6 nitrogen and oxygen atoms in total. The van der Waals surface area contributed by atoms with Gasteiger partial charge in [-0.2, -0.15) is 0 Å². The quantitative estimate of drug-likeness (QED) is 0.594. The van der Waals surface area contributed by atoms with Crippen molar-refractivity contribution < 1.29 is 9.53 Å². The number of imidazole rings is 1. The van der Waals surface area contributed by atoms with E-state index in [-0.39, 0.29) is 5.91 Å². The van der Waals surface area contributed by atoms with Crippen molar-refractivity contribution in [1.82, 2.24) is 14.5 Å². The summed E-state index contributed by atoms with van der Waals surface area (Å²) in [7, 11) is 0. The van der Waals surface area contributed by atoms with Crippen LogP contribution in [0.3, 0.4) is 0 Å². The molecule has 1 N–H and O–H groups in total. The van der Waals surface area contributed by atoms with Crippen LogP contribution in [0.5, 0.6) is 5.75 Å². The minimum Gasteiger partial charge on any atom is -0.481 e. The van der Waals surface area contributed by atoms with E-state index in [1.54, 1.807) is 6.92 Å². The van der Waals surface area contributed by atoms with E-state index in [4.69, 9.17) is 4.74 Å². The van der Waals surface area contributed by atoms with Gasteiger partial charge in [-0.05, 0) is 51.2 Å². The van der Waals surface area contributed by atoms with Gasteiger partial charge < -0.3 is 14.2 Å². The van der Waals surface area contributed by atoms with Gasteiger partial charge in [0.2, 0.25) is 5.95 Å². The predicted octanol–water partition coefficient (Wildman–Crippen LogP) is 4.09. The fraction of sp³-hybridized carbons (Fsp3) is 0.391. The number of aromatic nitrogens is 2. The van der Waals surface area contributed by atoms with Gasteiger partial charge in [-0.25, -0.2) is 4.98 Å². The van der Waals surface area contributed by atoms with Crippen LogP contribution in [0.1, 0.15) is 26.3 Å². The molecule has 6 heteroatoms. The van der Waals surface area contributed by atoms with E-state index in [9.17, 15) is 4.79 Å². The van der Waals surface area contributed by atoms with Gasteiger partial charge in [-0.15, -0.1) is 0 Å². The van der Waals surface area contributed by atoms with Crippen LogP contribution < -0.4 is 10.1 Å². The fourth-order valence-electron chi connectivity index (χ4n) is 3.26. The van der Waals surface area contributed by atoms with Crippen LogP contribution in [0.15, 0.2) is 48.5 Å². The van der Waals surface area contributed by atoms with Crippen LogP contribution >= 0.6 is 0 Å². The molecule has 0 fully saturated rings. The Morgan fingerprint density at radius 2 is 1.83 bits per heavy atom. The van der Waals surface area contributed by atoms with Crippen molar-refractivity contribution in [3.63, 3.8) is 0 Å². The Morgan fingerprint density at radius 1 is 1.14 bits per heavy atom. The molecule has 1 aromatic heterocycles. The SMILES string of the molecule is CCN(CC)CCn1c(NC(=O)[C@@H](C)Oc2ccc(C)cc2)nc2ccccc21. The highest BCUT2D eigenvalue weighted by Gasteiger charge is 2.19. The molecule has 0 unspecified atom stereocenters. The van der Waals surface area contributed by atoms with E-state index in [1.807, 2.05) is 55.5 Å². The predicted molar refractivity (Wildman–Crippen MR) is 117 cm³/mol. The third-order valence-electron chi connectivity index (χ3n) is 5.13. The number of nitrogens with one attached hydrogen (secondary N) is 1. The molecule has 1 heterocycles. The second-order valence-corrected chi connectivity index (χ2v) is 7.17. The number of benzene rings is 2. The maximum atomic E-state index is 12.8. The topological polar surface area (TPSA) is 59.4 Å². The van der Waals surface area contributed by atoms with E-state index in [0.29, 0.717) is 11.7 Å². The molecule has 0 aliphatic heterocycles. The van der Waals surface area contributed by atoms with Gasteiger partial charge in [0.1, 0.15) is 5.75 Å². The summed E-state index contributed by atoms with van der Waals surface area (Å²) in [6.07, 6.45) is -0.631. The highest BCUT2D eigenvalue weighted by Crippen LogP contribution is 2.20. The third kappa shape index (κ3) is 5.15. The first-order valence-electron chi connectivity index (χ1n) is 10.2. The number of hydrogen-bond acceptors (Lipinski definition) is 4. The molecule has 0 bridgehead atoms. The van der Waals surface area contributed by atoms with Gasteiger partial charge in [0.15, 0.2) is 6.10 Å². The van der Waals surface area contributed by atoms with Crippen LogP contribution in [-0.4, -0.2) is 46.1 Å². The minimum atomic E-state index is -0.631. The standard InChI is InChI=1S/C23H30N4O2/c1-5-26(6-2)15-16-27-21-10-8-7-9-20(21)24-23(27)25-22(28)18(4)29-19-13-11-17(3)12-14-19/h7-14,18H,5-6,15-16H2,1-4H3,(H,24,25,28)/t18-/m1/s1. The second-order valence-electron chi connectivity index (χ2n) is 7.17. The lowest BCUT2D eigenvalue weighted by Gasteiger charge is -2.20. The number of anilines is 1. The summed E-state index contributed by atoms with van der Waals surface area (Å²) in [5, 5.41) is 2.96. The molecule has 2 aromatic carbocycles. The molecule has 0 spiro atoms. The Morgan fingerprint density at radius 3 is 2.52 bits per heavy atom. The number of fused-ring (bicyclic) bond motifs is 1. The van der Waals surface area contributed by atoms with Gasteiger partial charge in [0.05, 0.1) is 11.0 Å². The van der Waals surface area contributed by atoms with Gasteiger partial charge in [-0.3, -0.25) is 10.1 Å². The maximum absolute atomic E-state index is 12.8. The van der Waals surface area contributed by atoms with E-state index >= 15 is 0 Å². The Bertz CT molecular complexity index is 945. The first-order chi connectivity index (χ1) is 14.0. The summed E-state index contributed by atoms with van der Waals surface area (Å²) < 4.78 is 7.87. The normalized spacial score (nSPS) is 12.3. The van der Waals surface area contributed by atoms with E-state index in [1.165, 1.54) is 0 Å². The van der Waals surface area contributed by atoms with Crippen molar-refractivity contribution in [1.29, 1.82) is 0 Å². The lowest BCUT2D eigenvalue weighted by molar-refractivity contribution is -0.122. The molecule has 154 valence electrons. The average molecular weight is 395 g/mol. The third-order valence-corrected chi connectivity index (χ3v) is 5.13. The number of ether oxygens (including phenoxy) is 1. The van der Waals surface area contributed by atoms with Gasteiger partial charge >= 0.3 is 0 Å². The summed E-state index contributed by atoms with van der Waals surface area (Å²) >= 11 is 0. The van der Waals surface area contributed by atoms with Crippen molar-refractivity contribution in [2.45, 2.75) is 40.3 Å². The Labute approximate surface area is 172 Å². The molecule has 0 aliphatic rings. The Balaban J connectivity index is 1.76. The number of likely N-dealkylation sites (N-methyl/N-ethyl adjacent to an activating group) is 1. The molecular formula is C23H30N4O2. The Kier molecular flexibility index (Phi) is 6.88. The second kappa shape index (κ2) is 9.56. The zero-order valence-corrected chi connectivity index (χ0v) is 17.7. The number of hydrogen-bond donors (Lipinski definition) is 1. The number of rotatable bonds is 9. The average Bonchev–Trinajstić information content (AvgIpc) is 3.07. The summed E-state index contributed by atoms with van der Waals surface area (Å²) in [6.45, 7) is 11.7. The Hall–Kier alpha value is -2.86. The highest BCUT2D eigenvalue weighted by atomic mass is 16.5. The first-order valence-corrected chi connectivity index (χ1v) is 10.2. The van der Waals surface area contributed by atoms with E-state index in [0.717, 1.165) is 42.8 Å². The minimum absolute atomic E-state index is 0.218. The van der Waals surface area contributed by atoms with Crippen LogP contribution in [0.25, 0.3) is 11.0 Å². The van der Waals surface area contributed by atoms with Crippen LogP contribution in [0, 0.1) is 6.92 Å². The van der Waals surface area contributed by atoms with E-state index in [2.05, 4.69) is 33.6 Å². The largest absolute Gasteiger partial charge is 0.481 e. The van der Waals surface area contributed by atoms with Crippen molar-refractivity contribution >= 4 is 22.9 Å². The summed E-state index contributed by atoms with van der Waals surface area (Å²) in [5.41, 5.74) is 3.04. The molecule has 1 amide bonds. The summed E-state index contributed by atoms with van der Waals surface area (Å²) in [6, 6.07) is 15.6. The number of nitrogens with zero attached hydrogens (tertiary/aromatic N) is 3. The van der Waals surface area contributed by atoms with E-state index < -0.39 is 6.10 Å². The smallest absolute Gasteiger partial charge is 0.267 e. The summed E-state index contributed by atoms with van der Waals surface area (Å²) in [5.74, 6) is 1.01. The van der Waals surface area contributed by atoms with Crippen LogP contribution in [-0.2, 0) is 11.3 Å². The lowest BCUT2D eigenvalue weighted by atomic mass is 10.2. The summed E-state index contributed by atoms with van der Waals surface area (Å²) in [4.78, 5) is 19.8. The molecule has 29 heavy (non-hydrogen) atoms. The van der Waals surface area contributed by atoms with Crippen molar-refractivity contribution in [2.75, 3.05) is 25.0 Å². The molecule has 3 aromatic rings. The monoisotopic (exact) mass is 394 g/mol. The van der Waals surface area contributed by atoms with Crippen molar-refractivity contribution in [3.05, 3.63) is 54.1 Å². The molecule has 0 saturated heterocycles. The molecule has 1 atom stereocenters. The van der Waals surface area contributed by atoms with Gasteiger partial charge in [0, 0.05) is 13.1 Å². The number of carbonyl (C=O) groups excluding carboxylic acids is 1. The number of aryl methyl sites for hydroxylation is 1. The lowest BCUT2D eigenvalue weighted by Crippen LogP contribution is -2.32. The van der Waals surface area contributed by atoms with Crippen LogP contribution in [0.2, 0.25) is 0 Å². The number of carbonyl (C=O) groups is 1. The maximum Gasteiger partial charge on any atom is 0.267 e. The molecule has 0 radical (unpaired) electrons. The highest BCUT2D eigenvalue weighted by molar-refractivity contribution is 5.94. The molecular weight excluding hydrogens is 364 g/mol. The van der Waals surface area contributed by atoms with Crippen molar-refractivity contribution in [2.24, 2.45) is 0 Å². The molecule has 3 rings (SSSR count). The number of amides is 1. The fourth-order valence-corrected chi connectivity index (χ4v) is 3.26. The zero-order chi connectivity index (χ0) is 20.8. The van der Waals surface area contributed by atoms with Crippen molar-refractivity contribution in [3.8, 4) is 5.75 Å².